The minimum Gasteiger partial charge on any atom is -0.481 e. The lowest BCUT2D eigenvalue weighted by Gasteiger charge is -2.11. The summed E-state index contributed by atoms with van der Waals surface area (Å²) in [5.41, 5.74) is 0.752. The highest BCUT2D eigenvalue weighted by Gasteiger charge is 2.43. The summed E-state index contributed by atoms with van der Waals surface area (Å²) in [5, 5.41) is 9.51. The van der Waals surface area contributed by atoms with Crippen LogP contribution in [0.3, 0.4) is 0 Å². The lowest BCUT2D eigenvalue weighted by Crippen LogP contribution is -2.24. The van der Waals surface area contributed by atoms with Gasteiger partial charge in [0.15, 0.2) is 5.92 Å². The Morgan fingerprint density at radius 1 is 1.38 bits per heavy atom. The van der Waals surface area contributed by atoms with Crippen molar-refractivity contribution in [2.24, 2.45) is 5.92 Å². The van der Waals surface area contributed by atoms with Crippen LogP contribution in [0.1, 0.15) is 11.5 Å². The van der Waals surface area contributed by atoms with Crippen molar-refractivity contribution < 1.29 is 19.4 Å². The zero-order valence-electron chi connectivity index (χ0n) is 8.22. The summed E-state index contributed by atoms with van der Waals surface area (Å²) in [5.74, 6) is -3.36. The number of aliphatic carboxylic acids is 1. The van der Waals surface area contributed by atoms with Gasteiger partial charge in [-0.2, -0.15) is 0 Å². The minimum absolute atomic E-state index is 0.109. The third-order valence-electron chi connectivity index (χ3n) is 2.63. The summed E-state index contributed by atoms with van der Waals surface area (Å²) in [6, 6.07) is 6.76. The topological polar surface area (TPSA) is 63.6 Å². The number of hydrogen-bond acceptors (Lipinski definition) is 3. The van der Waals surface area contributed by atoms with Crippen LogP contribution in [0.15, 0.2) is 24.3 Å². The maximum Gasteiger partial charge on any atom is 0.321 e. The van der Waals surface area contributed by atoms with Gasteiger partial charge in [-0.3, -0.25) is 9.59 Å². The molecule has 1 heterocycles. The molecule has 1 aromatic rings. The van der Waals surface area contributed by atoms with Gasteiger partial charge < -0.3 is 9.84 Å². The minimum atomic E-state index is -1.15. The van der Waals surface area contributed by atoms with Crippen molar-refractivity contribution in [1.82, 2.24) is 0 Å². The van der Waals surface area contributed by atoms with Gasteiger partial charge >= 0.3 is 11.9 Å². The van der Waals surface area contributed by atoms with E-state index in [2.05, 4.69) is 0 Å². The highest BCUT2D eigenvalue weighted by atomic mass is 35.5. The molecule has 1 fully saturated rings. The maximum atomic E-state index is 11.2. The molecule has 0 radical (unpaired) electrons. The number of benzene rings is 1. The molecule has 1 aromatic carbocycles. The Hall–Kier alpha value is -1.55. The summed E-state index contributed by atoms with van der Waals surface area (Å²) < 4.78 is 4.77. The molecule has 2 rings (SSSR count). The first kappa shape index (κ1) is 11.0. The van der Waals surface area contributed by atoms with Gasteiger partial charge in [0.25, 0.3) is 0 Å². The maximum absolute atomic E-state index is 11.2. The Kier molecular flexibility index (Phi) is 2.83. The molecule has 2 unspecified atom stereocenters. The number of carbonyl (C=O) groups excluding carboxylic acids is 1. The normalized spacial score (nSPS) is 24.2. The number of halogens is 1. The molecule has 16 heavy (non-hydrogen) atoms. The smallest absolute Gasteiger partial charge is 0.321 e. The number of carbonyl (C=O) groups is 2. The summed E-state index contributed by atoms with van der Waals surface area (Å²) in [6.45, 7) is 0.109. The second-order valence-corrected chi connectivity index (χ2v) is 4.04. The van der Waals surface area contributed by atoms with Crippen LogP contribution >= 0.6 is 11.6 Å². The van der Waals surface area contributed by atoms with Crippen LogP contribution in [0.2, 0.25) is 5.02 Å². The van der Waals surface area contributed by atoms with Gasteiger partial charge in [-0.15, -0.1) is 0 Å². The van der Waals surface area contributed by atoms with Crippen molar-refractivity contribution in [3.63, 3.8) is 0 Å². The molecule has 1 aliphatic rings. The summed E-state index contributed by atoms with van der Waals surface area (Å²) in [7, 11) is 0. The second-order valence-electron chi connectivity index (χ2n) is 3.60. The van der Waals surface area contributed by atoms with Crippen LogP contribution in [0.4, 0.5) is 0 Å². The Bertz CT molecular complexity index is 426. The number of rotatable bonds is 2. The lowest BCUT2D eigenvalue weighted by molar-refractivity contribution is -0.152. The fourth-order valence-electron chi connectivity index (χ4n) is 1.79. The number of cyclic esters (lactones) is 1. The molecule has 0 saturated carbocycles. The molecule has 0 aliphatic carbocycles. The van der Waals surface area contributed by atoms with Crippen LogP contribution in [0, 0.1) is 5.92 Å². The summed E-state index contributed by atoms with van der Waals surface area (Å²) >= 11 is 5.73. The summed E-state index contributed by atoms with van der Waals surface area (Å²) in [6.07, 6.45) is 0. The van der Waals surface area contributed by atoms with Crippen molar-refractivity contribution in [3.8, 4) is 0 Å². The van der Waals surface area contributed by atoms with Crippen molar-refractivity contribution in [2.75, 3.05) is 6.61 Å². The van der Waals surface area contributed by atoms with Gasteiger partial charge in [-0.25, -0.2) is 0 Å². The monoisotopic (exact) mass is 240 g/mol. The average molecular weight is 241 g/mol. The number of hydrogen-bond donors (Lipinski definition) is 1. The predicted molar refractivity (Wildman–Crippen MR) is 56.3 cm³/mol. The molecular weight excluding hydrogens is 232 g/mol. The van der Waals surface area contributed by atoms with E-state index in [0.717, 1.165) is 5.56 Å². The van der Waals surface area contributed by atoms with Gasteiger partial charge in [0.1, 0.15) is 0 Å². The van der Waals surface area contributed by atoms with E-state index in [-0.39, 0.29) is 6.61 Å². The number of ether oxygens (including phenoxy) is 1. The Balaban J connectivity index is 2.30. The molecule has 1 N–H and O–H groups in total. The molecule has 0 bridgehead atoms. The third kappa shape index (κ3) is 1.88. The van der Waals surface area contributed by atoms with Crippen LogP contribution in [-0.2, 0) is 14.3 Å². The van der Waals surface area contributed by atoms with Crippen LogP contribution < -0.4 is 0 Å². The molecule has 0 spiro atoms. The van der Waals surface area contributed by atoms with Crippen LogP contribution in [-0.4, -0.2) is 23.7 Å². The van der Waals surface area contributed by atoms with Crippen LogP contribution in [0.25, 0.3) is 0 Å². The Morgan fingerprint density at radius 3 is 2.56 bits per heavy atom. The third-order valence-corrected chi connectivity index (χ3v) is 2.88. The van der Waals surface area contributed by atoms with E-state index in [4.69, 9.17) is 21.4 Å². The fourth-order valence-corrected chi connectivity index (χ4v) is 1.92. The molecule has 4 nitrogen and oxygen atoms in total. The van der Waals surface area contributed by atoms with E-state index in [0.29, 0.717) is 5.02 Å². The quantitative estimate of drug-likeness (QED) is 0.631. The van der Waals surface area contributed by atoms with E-state index in [9.17, 15) is 9.59 Å². The number of esters is 1. The van der Waals surface area contributed by atoms with Gasteiger partial charge in [0.2, 0.25) is 0 Å². The Labute approximate surface area is 96.8 Å². The molecule has 84 valence electrons. The number of carboxylic acids is 1. The SMILES string of the molecule is O=C(O)C1C(=O)OCC1c1ccc(Cl)cc1. The molecular formula is C11H9ClO4. The molecule has 2 atom stereocenters. The fraction of sp³-hybridized carbons (Fsp3) is 0.273. The van der Waals surface area contributed by atoms with E-state index >= 15 is 0 Å². The van der Waals surface area contributed by atoms with E-state index < -0.39 is 23.8 Å². The first-order chi connectivity index (χ1) is 7.59. The standard InChI is InChI=1S/C11H9ClO4/c12-7-3-1-6(2-4-7)8-5-16-11(15)9(8)10(13)14/h1-4,8-9H,5H2,(H,13,14). The first-order valence-corrected chi connectivity index (χ1v) is 5.12. The van der Waals surface area contributed by atoms with Crippen molar-refractivity contribution in [1.29, 1.82) is 0 Å². The van der Waals surface area contributed by atoms with E-state index in [1.54, 1.807) is 24.3 Å². The van der Waals surface area contributed by atoms with Gasteiger partial charge in [0.05, 0.1) is 6.61 Å². The highest BCUT2D eigenvalue weighted by molar-refractivity contribution is 6.30. The highest BCUT2D eigenvalue weighted by Crippen LogP contribution is 2.32. The lowest BCUT2D eigenvalue weighted by atomic mass is 9.89. The average Bonchev–Trinajstić information content (AvgIpc) is 2.61. The molecule has 1 aliphatic heterocycles. The van der Waals surface area contributed by atoms with Crippen LogP contribution in [0.5, 0.6) is 0 Å². The largest absolute Gasteiger partial charge is 0.481 e. The predicted octanol–water partition coefficient (Wildman–Crippen LogP) is 1.68. The van der Waals surface area contributed by atoms with Gasteiger partial charge in [0, 0.05) is 10.9 Å². The summed E-state index contributed by atoms with van der Waals surface area (Å²) in [4.78, 5) is 22.2. The molecule has 0 amide bonds. The van der Waals surface area contributed by atoms with Crippen molar-refractivity contribution >= 4 is 23.5 Å². The zero-order valence-corrected chi connectivity index (χ0v) is 8.98. The Morgan fingerprint density at radius 2 is 2.00 bits per heavy atom. The van der Waals surface area contributed by atoms with Gasteiger partial charge in [-0.1, -0.05) is 23.7 Å². The van der Waals surface area contributed by atoms with Crippen molar-refractivity contribution in [3.05, 3.63) is 34.9 Å². The van der Waals surface area contributed by atoms with Gasteiger partial charge in [-0.05, 0) is 17.7 Å². The van der Waals surface area contributed by atoms with E-state index in [1.165, 1.54) is 0 Å². The zero-order chi connectivity index (χ0) is 11.7. The number of carboxylic acid groups (broad SMARTS) is 1. The molecule has 1 saturated heterocycles. The van der Waals surface area contributed by atoms with Crippen molar-refractivity contribution in [2.45, 2.75) is 5.92 Å². The molecule has 0 aromatic heterocycles. The van der Waals surface area contributed by atoms with E-state index in [1.807, 2.05) is 0 Å². The second kappa shape index (κ2) is 4.14. The first-order valence-electron chi connectivity index (χ1n) is 4.74. The molecule has 5 heteroatoms.